The Labute approximate surface area is 200 Å². The van der Waals surface area contributed by atoms with Crippen LogP contribution in [0.25, 0.3) is 10.8 Å². The Morgan fingerprint density at radius 2 is 1.68 bits per heavy atom. The standard InChI is InChI=1S/C28H31NO5/c1-5-15-33-26-21-9-7-8-10-22(21)27(34-18(3)4)25-23(26)17-29(28(25)31)20-13-11-19(12-14-20)16-24(30)32-6-2/h7-14,18H,5-6,15-17H2,1-4H3. The first-order chi connectivity index (χ1) is 16.4. The second-order valence-corrected chi connectivity index (χ2v) is 8.61. The van der Waals surface area contributed by atoms with Gasteiger partial charge in [-0.1, -0.05) is 43.3 Å². The van der Waals surface area contributed by atoms with Gasteiger partial charge in [0.15, 0.2) is 0 Å². The van der Waals surface area contributed by atoms with Crippen LogP contribution in [0, 0.1) is 0 Å². The number of ether oxygens (including phenoxy) is 3. The number of amides is 1. The Balaban J connectivity index is 1.76. The van der Waals surface area contributed by atoms with Crippen LogP contribution in [0.4, 0.5) is 5.69 Å². The van der Waals surface area contributed by atoms with E-state index in [4.69, 9.17) is 14.2 Å². The maximum atomic E-state index is 13.7. The van der Waals surface area contributed by atoms with Gasteiger partial charge in [0.25, 0.3) is 5.91 Å². The first-order valence-electron chi connectivity index (χ1n) is 11.9. The van der Waals surface area contributed by atoms with Gasteiger partial charge in [-0.2, -0.15) is 0 Å². The van der Waals surface area contributed by atoms with Gasteiger partial charge in [-0.3, -0.25) is 9.59 Å². The van der Waals surface area contributed by atoms with Crippen LogP contribution >= 0.6 is 0 Å². The van der Waals surface area contributed by atoms with Crippen molar-refractivity contribution in [3.8, 4) is 11.5 Å². The minimum Gasteiger partial charge on any atom is -0.493 e. The summed E-state index contributed by atoms with van der Waals surface area (Å²) in [4.78, 5) is 27.3. The second kappa shape index (κ2) is 10.2. The molecule has 0 N–H and O–H groups in total. The Morgan fingerprint density at radius 1 is 1.00 bits per heavy atom. The third kappa shape index (κ3) is 4.58. The molecule has 6 heteroatoms. The number of anilines is 1. The number of fused-ring (bicyclic) bond motifs is 2. The molecule has 0 spiro atoms. The molecule has 3 aromatic carbocycles. The molecule has 0 saturated heterocycles. The lowest BCUT2D eigenvalue weighted by molar-refractivity contribution is -0.142. The molecule has 1 heterocycles. The van der Waals surface area contributed by atoms with E-state index < -0.39 is 0 Å². The zero-order valence-corrected chi connectivity index (χ0v) is 20.2. The van der Waals surface area contributed by atoms with Crippen molar-refractivity contribution >= 4 is 28.3 Å². The third-order valence-electron chi connectivity index (χ3n) is 5.70. The highest BCUT2D eigenvalue weighted by Crippen LogP contribution is 2.46. The van der Waals surface area contributed by atoms with Gasteiger partial charge in [0.05, 0.1) is 37.8 Å². The van der Waals surface area contributed by atoms with Crippen molar-refractivity contribution in [1.29, 1.82) is 0 Å². The molecule has 0 bridgehead atoms. The Bertz CT molecular complexity index is 1200. The monoisotopic (exact) mass is 461 g/mol. The Morgan fingerprint density at radius 3 is 2.29 bits per heavy atom. The Hall–Kier alpha value is -3.54. The molecule has 3 aromatic rings. The van der Waals surface area contributed by atoms with Gasteiger partial charge < -0.3 is 19.1 Å². The van der Waals surface area contributed by atoms with Crippen molar-refractivity contribution in [3.63, 3.8) is 0 Å². The molecular formula is C28H31NO5. The van der Waals surface area contributed by atoms with Gasteiger partial charge in [0.2, 0.25) is 0 Å². The number of benzene rings is 3. The SMILES string of the molecule is CCCOc1c2c(c(OC(C)C)c3ccccc13)C(=O)N(c1ccc(CC(=O)OCC)cc1)C2. The summed E-state index contributed by atoms with van der Waals surface area (Å²) in [6.45, 7) is 9.09. The highest BCUT2D eigenvalue weighted by Gasteiger charge is 2.37. The summed E-state index contributed by atoms with van der Waals surface area (Å²) in [5.74, 6) is 0.977. The summed E-state index contributed by atoms with van der Waals surface area (Å²) in [5.41, 5.74) is 3.01. The number of esters is 1. The molecule has 178 valence electrons. The molecule has 1 aliphatic heterocycles. The molecule has 0 aromatic heterocycles. The van der Waals surface area contributed by atoms with Crippen molar-refractivity contribution in [2.75, 3.05) is 18.1 Å². The normalized spacial score (nSPS) is 12.9. The maximum Gasteiger partial charge on any atom is 0.310 e. The molecule has 34 heavy (non-hydrogen) atoms. The lowest BCUT2D eigenvalue weighted by Crippen LogP contribution is -2.23. The van der Waals surface area contributed by atoms with Gasteiger partial charge in [-0.25, -0.2) is 0 Å². The topological polar surface area (TPSA) is 65.1 Å². The molecule has 4 rings (SSSR count). The minimum absolute atomic E-state index is 0.0843. The van der Waals surface area contributed by atoms with Crippen molar-refractivity contribution in [3.05, 3.63) is 65.2 Å². The van der Waals surface area contributed by atoms with Crippen LogP contribution in [0.2, 0.25) is 0 Å². The smallest absolute Gasteiger partial charge is 0.310 e. The maximum absolute atomic E-state index is 13.7. The van der Waals surface area contributed by atoms with E-state index in [0.717, 1.165) is 39.8 Å². The van der Waals surface area contributed by atoms with Crippen LogP contribution in [0.1, 0.15) is 55.6 Å². The van der Waals surface area contributed by atoms with Gasteiger partial charge in [-0.05, 0) is 44.9 Å². The molecule has 1 aliphatic rings. The predicted molar refractivity (Wildman–Crippen MR) is 133 cm³/mol. The van der Waals surface area contributed by atoms with Crippen molar-refractivity contribution in [2.24, 2.45) is 0 Å². The molecule has 0 unspecified atom stereocenters. The number of carbonyl (C=O) groups excluding carboxylic acids is 2. The highest BCUT2D eigenvalue weighted by atomic mass is 16.5. The van der Waals surface area contributed by atoms with Crippen molar-refractivity contribution in [2.45, 2.75) is 53.2 Å². The van der Waals surface area contributed by atoms with Crippen LogP contribution in [-0.2, 0) is 22.5 Å². The van der Waals surface area contributed by atoms with E-state index in [9.17, 15) is 9.59 Å². The largest absolute Gasteiger partial charge is 0.493 e. The van der Waals surface area contributed by atoms with Crippen LogP contribution in [-0.4, -0.2) is 31.2 Å². The molecule has 0 aliphatic carbocycles. The first kappa shape index (κ1) is 23.6. The van der Waals surface area contributed by atoms with E-state index in [1.807, 2.05) is 62.4 Å². The lowest BCUT2D eigenvalue weighted by Gasteiger charge is -2.19. The number of carbonyl (C=O) groups is 2. The zero-order chi connectivity index (χ0) is 24.2. The van der Waals surface area contributed by atoms with Crippen LogP contribution in [0.15, 0.2) is 48.5 Å². The fraction of sp³-hybridized carbons (Fsp3) is 0.357. The third-order valence-corrected chi connectivity index (χ3v) is 5.70. The van der Waals surface area contributed by atoms with Crippen molar-refractivity contribution in [1.82, 2.24) is 0 Å². The van der Waals surface area contributed by atoms with Crippen LogP contribution < -0.4 is 14.4 Å². The predicted octanol–water partition coefficient (Wildman–Crippen LogP) is 5.68. The molecule has 6 nitrogen and oxygen atoms in total. The summed E-state index contributed by atoms with van der Waals surface area (Å²) in [7, 11) is 0. The summed E-state index contributed by atoms with van der Waals surface area (Å²) in [6, 6.07) is 15.4. The number of hydrogen-bond donors (Lipinski definition) is 0. The molecule has 0 atom stereocenters. The number of hydrogen-bond acceptors (Lipinski definition) is 5. The van der Waals surface area contributed by atoms with E-state index in [-0.39, 0.29) is 24.4 Å². The molecule has 0 saturated carbocycles. The van der Waals surface area contributed by atoms with Crippen LogP contribution in [0.5, 0.6) is 11.5 Å². The average molecular weight is 462 g/mol. The van der Waals surface area contributed by atoms with Gasteiger partial charge in [0.1, 0.15) is 11.5 Å². The minimum atomic E-state index is -0.264. The average Bonchev–Trinajstić information content (AvgIpc) is 3.16. The fourth-order valence-corrected chi connectivity index (χ4v) is 4.28. The summed E-state index contributed by atoms with van der Waals surface area (Å²) in [5, 5.41) is 1.82. The number of rotatable bonds is 9. The summed E-state index contributed by atoms with van der Waals surface area (Å²) < 4.78 is 17.5. The molecule has 0 radical (unpaired) electrons. The van der Waals surface area contributed by atoms with E-state index >= 15 is 0 Å². The van der Waals surface area contributed by atoms with E-state index in [2.05, 4.69) is 6.92 Å². The van der Waals surface area contributed by atoms with Crippen LogP contribution in [0.3, 0.4) is 0 Å². The van der Waals surface area contributed by atoms with Gasteiger partial charge >= 0.3 is 5.97 Å². The lowest BCUT2D eigenvalue weighted by atomic mass is 9.99. The van der Waals surface area contributed by atoms with E-state index in [1.165, 1.54) is 0 Å². The van der Waals surface area contributed by atoms with Crippen molar-refractivity contribution < 1.29 is 23.8 Å². The van der Waals surface area contributed by atoms with Gasteiger partial charge in [0, 0.05) is 22.0 Å². The Kier molecular flexibility index (Phi) is 7.06. The second-order valence-electron chi connectivity index (χ2n) is 8.61. The van der Waals surface area contributed by atoms with E-state index in [0.29, 0.717) is 31.1 Å². The number of nitrogens with zero attached hydrogens (tertiary/aromatic N) is 1. The fourth-order valence-electron chi connectivity index (χ4n) is 4.28. The summed E-state index contributed by atoms with van der Waals surface area (Å²) in [6.07, 6.45) is 0.987. The zero-order valence-electron chi connectivity index (χ0n) is 20.2. The summed E-state index contributed by atoms with van der Waals surface area (Å²) >= 11 is 0. The first-order valence-corrected chi connectivity index (χ1v) is 11.9. The van der Waals surface area contributed by atoms with E-state index in [1.54, 1.807) is 11.8 Å². The molecule has 1 amide bonds. The van der Waals surface area contributed by atoms with Gasteiger partial charge in [-0.15, -0.1) is 0 Å². The molecule has 0 fully saturated rings. The highest BCUT2D eigenvalue weighted by molar-refractivity contribution is 6.16. The quantitative estimate of drug-likeness (QED) is 0.384. The molecular weight excluding hydrogens is 430 g/mol.